The van der Waals surface area contributed by atoms with Gasteiger partial charge in [0.1, 0.15) is 11.5 Å². The molecule has 1 aromatic heterocycles. The minimum atomic E-state index is -0.512. The van der Waals surface area contributed by atoms with Gasteiger partial charge in [-0.05, 0) is 47.5 Å². The third kappa shape index (κ3) is 2.94. The van der Waals surface area contributed by atoms with Gasteiger partial charge >= 0.3 is 0 Å². The van der Waals surface area contributed by atoms with E-state index in [1.165, 1.54) is 6.07 Å². The Balaban J connectivity index is 2.19. The van der Waals surface area contributed by atoms with Crippen LogP contribution in [0.4, 0.5) is 4.39 Å². The molecule has 0 aliphatic rings. The lowest BCUT2D eigenvalue weighted by molar-refractivity contribution is 0.533. The van der Waals surface area contributed by atoms with E-state index in [1.54, 1.807) is 23.0 Å². The maximum Gasteiger partial charge on any atom is 0.137 e. The maximum atomic E-state index is 13.1. The average Bonchev–Trinajstić information content (AvgIpc) is 2.72. The lowest BCUT2D eigenvalue weighted by Crippen LogP contribution is -2.29. The highest BCUT2D eigenvalue weighted by molar-refractivity contribution is 9.10. The Morgan fingerprint density at radius 2 is 2.17 bits per heavy atom. The molecule has 0 radical (unpaired) electrons. The lowest BCUT2D eigenvalue weighted by Gasteiger charge is -2.13. The number of aromatic nitrogens is 3. The van der Waals surface area contributed by atoms with Gasteiger partial charge in [-0.2, -0.15) is 0 Å². The molecule has 2 N–H and O–H groups in total. The summed E-state index contributed by atoms with van der Waals surface area (Å²) in [7, 11) is 0. The Hall–Kier alpha value is -1.27. The number of hydrogen-bond donors (Lipinski definition) is 1. The topological polar surface area (TPSA) is 56.7 Å². The number of rotatable bonds is 3. The Morgan fingerprint density at radius 1 is 1.44 bits per heavy atom. The summed E-state index contributed by atoms with van der Waals surface area (Å²) in [5.41, 5.74) is 7.09. The van der Waals surface area contributed by atoms with Crippen molar-refractivity contribution >= 4 is 15.9 Å². The molecular weight excluding hydrogens is 299 g/mol. The molecule has 2 rings (SSSR count). The monoisotopic (exact) mass is 312 g/mol. The van der Waals surface area contributed by atoms with Crippen molar-refractivity contribution in [1.29, 1.82) is 0 Å². The highest BCUT2D eigenvalue weighted by Gasteiger charge is 2.18. The average molecular weight is 313 g/mol. The van der Waals surface area contributed by atoms with Crippen LogP contribution in [0.5, 0.6) is 0 Å². The van der Waals surface area contributed by atoms with Gasteiger partial charge in [0.2, 0.25) is 0 Å². The van der Waals surface area contributed by atoms with Crippen molar-refractivity contribution in [2.75, 3.05) is 0 Å². The van der Waals surface area contributed by atoms with Gasteiger partial charge in [0.25, 0.3) is 0 Å². The summed E-state index contributed by atoms with van der Waals surface area (Å²) in [6, 6.07) is 4.86. The van der Waals surface area contributed by atoms with Crippen LogP contribution in [-0.2, 0) is 12.1 Å². The van der Waals surface area contributed by atoms with Crippen LogP contribution in [0.3, 0.4) is 0 Å². The standard InChI is InChI=1S/C12H14BrFN4/c1-12(2,15)11-7-18(17-16-11)6-8-3-4-10(14)9(13)5-8/h3-5,7H,6,15H2,1-2H3. The molecule has 1 aromatic carbocycles. The summed E-state index contributed by atoms with van der Waals surface area (Å²) in [5.74, 6) is -0.277. The fourth-order valence-corrected chi connectivity index (χ4v) is 1.92. The first-order chi connectivity index (χ1) is 8.36. The second-order valence-electron chi connectivity index (χ2n) is 4.77. The first kappa shape index (κ1) is 13.2. The van der Waals surface area contributed by atoms with Crippen molar-refractivity contribution in [2.24, 2.45) is 5.73 Å². The SMILES string of the molecule is CC(C)(N)c1cn(Cc2ccc(F)c(Br)c2)nn1. The van der Waals surface area contributed by atoms with Gasteiger partial charge in [0.15, 0.2) is 0 Å². The Kier molecular flexibility index (Phi) is 3.49. The quantitative estimate of drug-likeness (QED) is 0.947. The van der Waals surface area contributed by atoms with Crippen LogP contribution in [0, 0.1) is 5.82 Å². The zero-order valence-corrected chi connectivity index (χ0v) is 11.8. The molecule has 96 valence electrons. The van der Waals surface area contributed by atoms with Crippen LogP contribution in [0.1, 0.15) is 25.1 Å². The van der Waals surface area contributed by atoms with E-state index < -0.39 is 5.54 Å². The predicted octanol–water partition coefficient (Wildman–Crippen LogP) is 2.42. The van der Waals surface area contributed by atoms with Crippen molar-refractivity contribution in [3.8, 4) is 0 Å². The number of nitrogens with zero attached hydrogens (tertiary/aromatic N) is 3. The van der Waals surface area contributed by atoms with E-state index in [9.17, 15) is 4.39 Å². The van der Waals surface area contributed by atoms with Crippen molar-refractivity contribution in [1.82, 2.24) is 15.0 Å². The second kappa shape index (κ2) is 4.78. The normalized spacial score (nSPS) is 11.8. The molecule has 0 spiro atoms. The molecular formula is C12H14BrFN4. The number of nitrogens with two attached hydrogens (primary N) is 1. The maximum absolute atomic E-state index is 13.1. The molecule has 0 aliphatic carbocycles. The minimum Gasteiger partial charge on any atom is -0.320 e. The Morgan fingerprint density at radius 3 is 2.72 bits per heavy atom. The molecule has 0 aliphatic heterocycles. The number of benzene rings is 1. The molecule has 4 nitrogen and oxygen atoms in total. The summed E-state index contributed by atoms with van der Waals surface area (Å²) in [6.07, 6.45) is 1.80. The van der Waals surface area contributed by atoms with Gasteiger partial charge in [-0.25, -0.2) is 9.07 Å². The van der Waals surface area contributed by atoms with Crippen LogP contribution >= 0.6 is 15.9 Å². The minimum absolute atomic E-state index is 0.277. The van der Waals surface area contributed by atoms with Gasteiger partial charge in [0.05, 0.1) is 22.8 Å². The number of halogens is 2. The van der Waals surface area contributed by atoms with E-state index in [0.29, 0.717) is 11.0 Å². The van der Waals surface area contributed by atoms with Gasteiger partial charge in [0, 0.05) is 0 Å². The van der Waals surface area contributed by atoms with E-state index in [4.69, 9.17) is 5.73 Å². The highest BCUT2D eigenvalue weighted by atomic mass is 79.9. The van der Waals surface area contributed by atoms with Gasteiger partial charge < -0.3 is 5.73 Å². The molecule has 0 fully saturated rings. The van der Waals surface area contributed by atoms with Crippen LogP contribution in [0.25, 0.3) is 0 Å². The first-order valence-corrected chi connectivity index (χ1v) is 6.29. The summed E-state index contributed by atoms with van der Waals surface area (Å²) < 4.78 is 15.2. The third-order valence-corrected chi connectivity index (χ3v) is 3.14. The van der Waals surface area contributed by atoms with Gasteiger partial charge in [-0.1, -0.05) is 11.3 Å². The molecule has 0 amide bonds. The Bertz CT molecular complexity index is 559. The molecule has 0 saturated carbocycles. The molecule has 18 heavy (non-hydrogen) atoms. The van der Waals surface area contributed by atoms with Crippen LogP contribution in [0.15, 0.2) is 28.9 Å². The largest absolute Gasteiger partial charge is 0.320 e. The van der Waals surface area contributed by atoms with E-state index in [-0.39, 0.29) is 5.82 Å². The van der Waals surface area contributed by atoms with Crippen LogP contribution in [0.2, 0.25) is 0 Å². The fraction of sp³-hybridized carbons (Fsp3) is 0.333. The van der Waals surface area contributed by atoms with E-state index in [0.717, 1.165) is 11.3 Å². The van der Waals surface area contributed by atoms with E-state index in [2.05, 4.69) is 26.2 Å². The van der Waals surface area contributed by atoms with E-state index in [1.807, 2.05) is 13.8 Å². The zero-order chi connectivity index (χ0) is 13.3. The lowest BCUT2D eigenvalue weighted by atomic mass is 10.0. The molecule has 0 bridgehead atoms. The molecule has 6 heteroatoms. The number of hydrogen-bond acceptors (Lipinski definition) is 3. The molecule has 1 heterocycles. The molecule has 0 atom stereocenters. The van der Waals surface area contributed by atoms with Crippen molar-refractivity contribution < 1.29 is 4.39 Å². The summed E-state index contributed by atoms with van der Waals surface area (Å²) in [4.78, 5) is 0. The van der Waals surface area contributed by atoms with Gasteiger partial charge in [-0.3, -0.25) is 0 Å². The van der Waals surface area contributed by atoms with Crippen LogP contribution in [-0.4, -0.2) is 15.0 Å². The van der Waals surface area contributed by atoms with Crippen molar-refractivity contribution in [3.63, 3.8) is 0 Å². The fourth-order valence-electron chi connectivity index (χ4n) is 1.50. The summed E-state index contributed by atoms with van der Waals surface area (Å²) in [5, 5.41) is 8.03. The molecule has 0 saturated heterocycles. The highest BCUT2D eigenvalue weighted by Crippen LogP contribution is 2.18. The Labute approximate surface area is 113 Å². The first-order valence-electron chi connectivity index (χ1n) is 5.49. The van der Waals surface area contributed by atoms with Gasteiger partial charge in [-0.15, -0.1) is 5.10 Å². The van der Waals surface area contributed by atoms with E-state index >= 15 is 0 Å². The second-order valence-corrected chi connectivity index (χ2v) is 5.63. The molecule has 0 unspecified atom stereocenters. The summed E-state index contributed by atoms with van der Waals surface area (Å²) >= 11 is 3.16. The third-order valence-electron chi connectivity index (χ3n) is 2.53. The summed E-state index contributed by atoms with van der Waals surface area (Å²) in [6.45, 7) is 4.27. The van der Waals surface area contributed by atoms with Crippen molar-refractivity contribution in [2.45, 2.75) is 25.9 Å². The van der Waals surface area contributed by atoms with Crippen molar-refractivity contribution in [3.05, 3.63) is 45.9 Å². The smallest absolute Gasteiger partial charge is 0.137 e. The van der Waals surface area contributed by atoms with Crippen LogP contribution < -0.4 is 5.73 Å². The predicted molar refractivity (Wildman–Crippen MR) is 70.4 cm³/mol. The zero-order valence-electron chi connectivity index (χ0n) is 10.2. The molecule has 2 aromatic rings.